The van der Waals surface area contributed by atoms with Gasteiger partial charge in [0, 0.05) is 0 Å². The van der Waals surface area contributed by atoms with E-state index in [1.165, 1.54) is 11.8 Å². The maximum atomic E-state index is 1.63. The van der Waals surface area contributed by atoms with Crippen LogP contribution >= 0.6 is 0 Å². The van der Waals surface area contributed by atoms with Gasteiger partial charge >= 0.3 is 0 Å². The third-order valence-corrected chi connectivity index (χ3v) is 7.29. The van der Waals surface area contributed by atoms with Crippen LogP contribution in [0, 0.1) is 29.1 Å². The Labute approximate surface area is 107 Å². The second-order valence-corrected chi connectivity index (χ2v) is 7.61. The predicted molar refractivity (Wildman–Crippen MR) is 71.8 cm³/mol. The van der Waals surface area contributed by atoms with Crippen molar-refractivity contribution in [3.05, 3.63) is 0 Å². The van der Waals surface area contributed by atoms with Crippen LogP contribution in [-0.4, -0.2) is 0 Å². The van der Waals surface area contributed by atoms with E-state index in [9.17, 15) is 0 Å². The summed E-state index contributed by atoms with van der Waals surface area (Å²) in [5, 5.41) is 0. The highest BCUT2D eigenvalue weighted by Crippen LogP contribution is 2.65. The molecule has 4 aliphatic rings. The molecule has 4 saturated carbocycles. The van der Waals surface area contributed by atoms with Crippen molar-refractivity contribution in [1.29, 1.82) is 0 Å². The monoisotopic (exact) mass is 232 g/mol. The van der Waals surface area contributed by atoms with Crippen LogP contribution in [0.3, 0.4) is 0 Å². The van der Waals surface area contributed by atoms with Crippen molar-refractivity contribution in [2.45, 2.75) is 77.0 Å². The quantitative estimate of drug-likeness (QED) is 0.540. The average molecular weight is 232 g/mol. The topological polar surface area (TPSA) is 0 Å². The summed E-state index contributed by atoms with van der Waals surface area (Å²) >= 11 is 0. The highest BCUT2D eigenvalue weighted by molar-refractivity contribution is 5.06. The van der Waals surface area contributed by atoms with E-state index in [0.29, 0.717) is 0 Å². The van der Waals surface area contributed by atoms with Gasteiger partial charge in [-0.3, -0.25) is 0 Å². The first-order valence-corrected chi connectivity index (χ1v) is 8.40. The maximum absolute atomic E-state index is 1.63. The fourth-order valence-corrected chi connectivity index (χ4v) is 6.66. The van der Waals surface area contributed by atoms with E-state index in [2.05, 4.69) is 0 Å². The molecule has 0 radical (unpaired) electrons. The third-order valence-electron chi connectivity index (χ3n) is 7.29. The molecule has 0 amide bonds. The lowest BCUT2D eigenvalue weighted by Gasteiger charge is -2.54. The summed E-state index contributed by atoms with van der Waals surface area (Å²) in [4.78, 5) is 0. The first kappa shape index (κ1) is 10.9. The fourth-order valence-electron chi connectivity index (χ4n) is 6.66. The Morgan fingerprint density at radius 3 is 2.53 bits per heavy atom. The summed E-state index contributed by atoms with van der Waals surface area (Å²) in [5.41, 5.74) is 0.872. The molecule has 4 fully saturated rings. The standard InChI is InChI=1S/C17H28/c1-2-7-15-13(5-1)10-12-17-11-4-3-6-14(17)8-9-16(15)17/h13-16H,1-12H2. The lowest BCUT2D eigenvalue weighted by Crippen LogP contribution is -2.45. The maximum Gasteiger partial charge on any atom is -0.0238 e. The molecule has 0 heteroatoms. The van der Waals surface area contributed by atoms with Crippen LogP contribution in [0.4, 0.5) is 0 Å². The molecule has 4 rings (SSSR count). The predicted octanol–water partition coefficient (Wildman–Crippen LogP) is 5.17. The highest BCUT2D eigenvalue weighted by Gasteiger charge is 2.56. The van der Waals surface area contributed by atoms with Crippen LogP contribution in [0.15, 0.2) is 0 Å². The molecule has 0 nitrogen and oxygen atoms in total. The van der Waals surface area contributed by atoms with Gasteiger partial charge in [0.1, 0.15) is 0 Å². The third kappa shape index (κ3) is 1.48. The van der Waals surface area contributed by atoms with Gasteiger partial charge in [0.25, 0.3) is 0 Å². The summed E-state index contributed by atoms with van der Waals surface area (Å²) < 4.78 is 0. The van der Waals surface area contributed by atoms with E-state index in [1.54, 1.807) is 77.0 Å². The number of hydrogen-bond donors (Lipinski definition) is 0. The van der Waals surface area contributed by atoms with Crippen molar-refractivity contribution in [1.82, 2.24) is 0 Å². The van der Waals surface area contributed by atoms with Crippen molar-refractivity contribution in [3.8, 4) is 0 Å². The lowest BCUT2D eigenvalue weighted by atomic mass is 9.51. The fraction of sp³-hybridized carbons (Fsp3) is 1.00. The van der Waals surface area contributed by atoms with Crippen LogP contribution in [0.5, 0.6) is 0 Å². The Morgan fingerprint density at radius 1 is 0.647 bits per heavy atom. The van der Waals surface area contributed by atoms with E-state index in [1.807, 2.05) is 0 Å². The molecule has 5 unspecified atom stereocenters. The SMILES string of the molecule is C1CCC2C(C1)CCC13CCCCC1CCC23. The van der Waals surface area contributed by atoms with Crippen molar-refractivity contribution in [2.24, 2.45) is 29.1 Å². The number of hydrogen-bond acceptors (Lipinski definition) is 0. The van der Waals surface area contributed by atoms with E-state index in [-0.39, 0.29) is 0 Å². The first-order valence-electron chi connectivity index (χ1n) is 8.40. The molecule has 0 aromatic heterocycles. The summed E-state index contributed by atoms with van der Waals surface area (Å²) in [7, 11) is 0. The minimum Gasteiger partial charge on any atom is -0.0530 e. The van der Waals surface area contributed by atoms with Crippen molar-refractivity contribution in [3.63, 3.8) is 0 Å². The van der Waals surface area contributed by atoms with Gasteiger partial charge in [-0.1, -0.05) is 32.1 Å². The second-order valence-electron chi connectivity index (χ2n) is 7.61. The van der Waals surface area contributed by atoms with Crippen LogP contribution < -0.4 is 0 Å². The Hall–Kier alpha value is 0. The molecule has 96 valence electrons. The van der Waals surface area contributed by atoms with Gasteiger partial charge in [-0.25, -0.2) is 0 Å². The van der Waals surface area contributed by atoms with Crippen LogP contribution in [0.1, 0.15) is 77.0 Å². The molecular formula is C17H28. The van der Waals surface area contributed by atoms with Gasteiger partial charge in [0.2, 0.25) is 0 Å². The zero-order valence-corrected chi connectivity index (χ0v) is 11.3. The van der Waals surface area contributed by atoms with Gasteiger partial charge in [0.15, 0.2) is 0 Å². The molecule has 4 aliphatic carbocycles. The lowest BCUT2D eigenvalue weighted by molar-refractivity contribution is -0.0416. The zero-order valence-electron chi connectivity index (χ0n) is 11.3. The van der Waals surface area contributed by atoms with Gasteiger partial charge in [-0.15, -0.1) is 0 Å². The molecule has 17 heavy (non-hydrogen) atoms. The van der Waals surface area contributed by atoms with Crippen molar-refractivity contribution < 1.29 is 0 Å². The minimum atomic E-state index is 0.872. The smallest absolute Gasteiger partial charge is 0.0238 e. The van der Waals surface area contributed by atoms with Crippen LogP contribution in [0.25, 0.3) is 0 Å². The van der Waals surface area contributed by atoms with Gasteiger partial charge in [-0.2, -0.15) is 0 Å². The minimum absolute atomic E-state index is 0.872. The summed E-state index contributed by atoms with van der Waals surface area (Å²) in [6.07, 6.45) is 19.1. The van der Waals surface area contributed by atoms with E-state index >= 15 is 0 Å². The Morgan fingerprint density at radius 2 is 1.53 bits per heavy atom. The number of fused-ring (bicyclic) bond motifs is 2. The summed E-state index contributed by atoms with van der Waals surface area (Å²) in [6.45, 7) is 0. The van der Waals surface area contributed by atoms with E-state index in [0.717, 1.165) is 17.3 Å². The molecule has 0 aromatic rings. The van der Waals surface area contributed by atoms with Gasteiger partial charge in [-0.05, 0) is 74.0 Å². The molecular weight excluding hydrogens is 204 g/mol. The molecule has 0 saturated heterocycles. The molecule has 0 N–H and O–H groups in total. The summed E-state index contributed by atoms with van der Waals surface area (Å²) in [6, 6.07) is 0. The highest BCUT2D eigenvalue weighted by atomic mass is 14.6. The normalized spacial score (nSPS) is 53.6. The Balaban J connectivity index is 1.64. The van der Waals surface area contributed by atoms with Gasteiger partial charge < -0.3 is 0 Å². The largest absolute Gasteiger partial charge is 0.0530 e. The second kappa shape index (κ2) is 4.00. The molecule has 0 aromatic carbocycles. The Kier molecular flexibility index (Phi) is 2.56. The first-order chi connectivity index (χ1) is 8.40. The van der Waals surface area contributed by atoms with Crippen molar-refractivity contribution in [2.75, 3.05) is 0 Å². The molecule has 0 aliphatic heterocycles. The number of rotatable bonds is 0. The van der Waals surface area contributed by atoms with Crippen LogP contribution in [-0.2, 0) is 0 Å². The van der Waals surface area contributed by atoms with E-state index in [4.69, 9.17) is 0 Å². The average Bonchev–Trinajstić information content (AvgIpc) is 2.78. The van der Waals surface area contributed by atoms with Gasteiger partial charge in [0.05, 0.1) is 0 Å². The van der Waals surface area contributed by atoms with E-state index < -0.39 is 0 Å². The zero-order chi connectivity index (χ0) is 11.3. The molecule has 5 atom stereocenters. The molecule has 0 heterocycles. The van der Waals surface area contributed by atoms with Crippen molar-refractivity contribution >= 4 is 0 Å². The molecule has 1 spiro atoms. The molecule has 0 bridgehead atoms. The Bertz CT molecular complexity index is 294. The van der Waals surface area contributed by atoms with Crippen LogP contribution in [0.2, 0.25) is 0 Å². The summed E-state index contributed by atoms with van der Waals surface area (Å²) in [5.74, 6) is 4.65.